The molecule has 3 aromatic rings. The molecule has 0 spiro atoms. The molecule has 7 heteroatoms. The molecule has 2 aromatic heterocycles. The Hall–Kier alpha value is -2.41. The molecule has 6 nitrogen and oxygen atoms in total. The highest BCUT2D eigenvalue weighted by Gasteiger charge is 2.32. The van der Waals surface area contributed by atoms with Crippen molar-refractivity contribution in [3.05, 3.63) is 35.5 Å². The Balaban J connectivity index is 1.33. The Morgan fingerprint density at radius 2 is 1.82 bits per heavy atom. The molecule has 28 heavy (non-hydrogen) atoms. The van der Waals surface area contributed by atoms with Crippen LogP contribution in [-0.2, 0) is 4.79 Å². The number of nitrogens with one attached hydrogen (secondary N) is 1. The molecule has 1 saturated carbocycles. The van der Waals surface area contributed by atoms with Crippen LogP contribution in [0.2, 0.25) is 0 Å². The number of rotatable bonds is 4. The number of hydrogen-bond acceptors (Lipinski definition) is 5. The van der Waals surface area contributed by atoms with Gasteiger partial charge in [0.1, 0.15) is 0 Å². The fraction of sp³-hybridized carbons (Fsp3) is 0.476. The van der Waals surface area contributed by atoms with E-state index in [0.29, 0.717) is 6.04 Å². The van der Waals surface area contributed by atoms with E-state index in [9.17, 15) is 4.79 Å². The minimum Gasteiger partial charge on any atom is -0.353 e. The highest BCUT2D eigenvalue weighted by molar-refractivity contribution is 7.22. The Morgan fingerprint density at radius 3 is 2.50 bits per heavy atom. The molecular weight excluding hydrogens is 370 g/mol. The van der Waals surface area contributed by atoms with Gasteiger partial charge in [0.15, 0.2) is 10.8 Å². The molecule has 146 valence electrons. The first kappa shape index (κ1) is 17.7. The fourth-order valence-electron chi connectivity index (χ4n) is 3.80. The molecule has 1 amide bonds. The lowest BCUT2D eigenvalue weighted by molar-refractivity contribution is -0.123. The topological polar surface area (TPSA) is 63.1 Å². The number of carbonyl (C=O) groups is 1. The van der Waals surface area contributed by atoms with Gasteiger partial charge in [0, 0.05) is 25.0 Å². The lowest BCUT2D eigenvalue weighted by Gasteiger charge is -2.32. The molecule has 1 aliphatic carbocycles. The second-order valence-corrected chi connectivity index (χ2v) is 9.00. The van der Waals surface area contributed by atoms with E-state index in [-0.39, 0.29) is 11.8 Å². The second kappa shape index (κ2) is 6.88. The van der Waals surface area contributed by atoms with Crippen LogP contribution >= 0.6 is 11.3 Å². The Morgan fingerprint density at radius 1 is 1.11 bits per heavy atom. The summed E-state index contributed by atoms with van der Waals surface area (Å²) in [6.07, 6.45) is 4.09. The van der Waals surface area contributed by atoms with Gasteiger partial charge in [-0.3, -0.25) is 4.79 Å². The number of aromatic nitrogens is 3. The molecule has 5 rings (SSSR count). The average molecular weight is 396 g/mol. The van der Waals surface area contributed by atoms with Crippen molar-refractivity contribution in [2.45, 2.75) is 45.6 Å². The molecule has 2 aliphatic rings. The molecule has 1 aromatic carbocycles. The maximum atomic E-state index is 12.0. The minimum absolute atomic E-state index is 0.257. The molecule has 0 radical (unpaired) electrons. The molecule has 0 bridgehead atoms. The van der Waals surface area contributed by atoms with Crippen LogP contribution in [0, 0.1) is 19.8 Å². The van der Waals surface area contributed by atoms with Crippen LogP contribution in [0.3, 0.4) is 0 Å². The summed E-state index contributed by atoms with van der Waals surface area (Å²) in [5.41, 5.74) is 4.23. The molecule has 1 aliphatic heterocycles. The van der Waals surface area contributed by atoms with E-state index in [1.165, 1.54) is 5.56 Å². The van der Waals surface area contributed by atoms with Crippen molar-refractivity contribution in [1.29, 1.82) is 0 Å². The zero-order valence-corrected chi connectivity index (χ0v) is 17.1. The normalized spacial score (nSPS) is 18.0. The van der Waals surface area contributed by atoms with Crippen LogP contribution in [0.25, 0.3) is 16.0 Å². The molecule has 1 N–H and O–H groups in total. The number of benzene rings is 1. The maximum Gasteiger partial charge on any atom is 0.223 e. The van der Waals surface area contributed by atoms with Gasteiger partial charge in [-0.15, -0.1) is 0 Å². The van der Waals surface area contributed by atoms with Gasteiger partial charge in [0.05, 0.1) is 16.1 Å². The van der Waals surface area contributed by atoms with E-state index >= 15 is 0 Å². The van der Waals surface area contributed by atoms with Crippen molar-refractivity contribution in [2.75, 3.05) is 18.0 Å². The van der Waals surface area contributed by atoms with E-state index in [1.54, 1.807) is 11.3 Å². The Kier molecular flexibility index (Phi) is 4.34. The van der Waals surface area contributed by atoms with E-state index in [2.05, 4.69) is 48.3 Å². The van der Waals surface area contributed by atoms with Crippen LogP contribution in [0.5, 0.6) is 0 Å². The van der Waals surface area contributed by atoms with E-state index in [1.807, 2.05) is 4.68 Å². The summed E-state index contributed by atoms with van der Waals surface area (Å²) in [4.78, 5) is 19.3. The third-order valence-electron chi connectivity index (χ3n) is 5.72. The zero-order valence-electron chi connectivity index (χ0n) is 16.3. The van der Waals surface area contributed by atoms with Gasteiger partial charge < -0.3 is 10.2 Å². The molecule has 0 atom stereocenters. The molecule has 1 saturated heterocycles. The summed E-state index contributed by atoms with van der Waals surface area (Å²) in [5, 5.41) is 8.98. The molecule has 2 fully saturated rings. The monoisotopic (exact) mass is 395 g/mol. The van der Waals surface area contributed by atoms with E-state index in [4.69, 9.17) is 10.1 Å². The van der Waals surface area contributed by atoms with Gasteiger partial charge in [-0.2, -0.15) is 10.1 Å². The number of fused-ring (bicyclic) bond motifs is 1. The number of amides is 1. The number of carbonyl (C=O) groups excluding carboxylic acids is 1. The van der Waals surface area contributed by atoms with Crippen molar-refractivity contribution in [1.82, 2.24) is 20.1 Å². The summed E-state index contributed by atoms with van der Waals surface area (Å²) in [6, 6.07) is 8.70. The second-order valence-electron chi connectivity index (χ2n) is 8.03. The van der Waals surface area contributed by atoms with Crippen LogP contribution in [-0.4, -0.2) is 39.8 Å². The van der Waals surface area contributed by atoms with E-state index < -0.39 is 0 Å². The third kappa shape index (κ3) is 3.28. The third-order valence-corrected chi connectivity index (χ3v) is 6.93. The summed E-state index contributed by atoms with van der Waals surface area (Å²) in [7, 11) is 0. The van der Waals surface area contributed by atoms with Crippen molar-refractivity contribution in [3.63, 3.8) is 0 Å². The van der Waals surface area contributed by atoms with Gasteiger partial charge in [0.2, 0.25) is 5.91 Å². The van der Waals surface area contributed by atoms with Gasteiger partial charge in [-0.1, -0.05) is 29.0 Å². The van der Waals surface area contributed by atoms with Crippen LogP contribution < -0.4 is 10.2 Å². The van der Waals surface area contributed by atoms with Crippen molar-refractivity contribution in [2.24, 2.45) is 5.92 Å². The number of aryl methyl sites for hydroxylation is 2. The van der Waals surface area contributed by atoms with Crippen molar-refractivity contribution in [3.8, 4) is 5.69 Å². The fourth-order valence-corrected chi connectivity index (χ4v) is 4.84. The SMILES string of the molecule is Cc1ccc(-n2nc(C)c3sc(N4CCC(NC(=O)C5CC5)CC4)nc32)cc1. The number of piperidine rings is 1. The standard InChI is InChI=1S/C21H25N5OS/c1-13-3-7-17(8-4-13)26-19-18(14(2)24-26)28-21(23-19)25-11-9-16(10-12-25)22-20(27)15-5-6-15/h3-4,7-8,15-16H,5-6,9-12H2,1-2H3,(H,22,27). The first-order chi connectivity index (χ1) is 13.6. The quantitative estimate of drug-likeness (QED) is 0.733. The first-order valence-corrected chi connectivity index (χ1v) is 10.9. The lowest BCUT2D eigenvalue weighted by Crippen LogP contribution is -2.45. The Labute approximate surface area is 168 Å². The minimum atomic E-state index is 0.257. The first-order valence-electron chi connectivity index (χ1n) is 10.1. The predicted molar refractivity (Wildman–Crippen MR) is 112 cm³/mol. The van der Waals surface area contributed by atoms with Gasteiger partial charge in [0.25, 0.3) is 0 Å². The van der Waals surface area contributed by atoms with Gasteiger partial charge in [-0.05, 0) is 51.7 Å². The van der Waals surface area contributed by atoms with Crippen LogP contribution in [0.15, 0.2) is 24.3 Å². The van der Waals surface area contributed by atoms with Crippen molar-refractivity contribution >= 4 is 32.7 Å². The number of hydrogen-bond donors (Lipinski definition) is 1. The number of anilines is 1. The number of thiazole rings is 1. The van der Waals surface area contributed by atoms with Gasteiger partial charge in [-0.25, -0.2) is 4.68 Å². The highest BCUT2D eigenvalue weighted by Crippen LogP contribution is 2.34. The molecule has 3 heterocycles. The lowest BCUT2D eigenvalue weighted by atomic mass is 10.1. The summed E-state index contributed by atoms with van der Waals surface area (Å²) in [5.74, 6) is 0.544. The zero-order chi connectivity index (χ0) is 19.3. The largest absolute Gasteiger partial charge is 0.353 e. The summed E-state index contributed by atoms with van der Waals surface area (Å²) in [6.45, 7) is 6.01. The number of nitrogens with zero attached hydrogens (tertiary/aromatic N) is 4. The Bertz CT molecular complexity index is 1010. The molecule has 0 unspecified atom stereocenters. The van der Waals surface area contributed by atoms with E-state index in [0.717, 1.165) is 65.6 Å². The van der Waals surface area contributed by atoms with Crippen molar-refractivity contribution < 1.29 is 4.79 Å². The average Bonchev–Trinajstić information content (AvgIpc) is 3.39. The molecular formula is C21H25N5OS. The van der Waals surface area contributed by atoms with Gasteiger partial charge >= 0.3 is 0 Å². The maximum absolute atomic E-state index is 12.0. The summed E-state index contributed by atoms with van der Waals surface area (Å²) < 4.78 is 3.10. The predicted octanol–water partition coefficient (Wildman–Crippen LogP) is 3.59. The van der Waals surface area contributed by atoms with Crippen LogP contribution in [0.4, 0.5) is 5.13 Å². The smallest absolute Gasteiger partial charge is 0.223 e. The van der Waals surface area contributed by atoms with Crippen LogP contribution in [0.1, 0.15) is 36.9 Å². The highest BCUT2D eigenvalue weighted by atomic mass is 32.1. The summed E-state index contributed by atoms with van der Waals surface area (Å²) >= 11 is 1.72.